The molecule has 0 spiro atoms. The number of nitrogens with two attached hydrogens (primary N) is 1. The zero-order valence-electron chi connectivity index (χ0n) is 16.0. The van der Waals surface area contributed by atoms with Crippen LogP contribution in [-0.4, -0.2) is 30.2 Å². The second kappa shape index (κ2) is 7.91. The van der Waals surface area contributed by atoms with Gasteiger partial charge in [-0.1, -0.05) is 34.1 Å². The molecule has 0 aliphatic heterocycles. The number of methoxy groups -OCH3 is 1. The van der Waals surface area contributed by atoms with Crippen LogP contribution in [0.25, 0.3) is 10.9 Å². The number of carbonyl (C=O) groups excluding carboxylic acids is 2. The molecule has 7 heteroatoms. The second-order valence-electron chi connectivity index (χ2n) is 7.09. The predicted molar refractivity (Wildman–Crippen MR) is 113 cm³/mol. The summed E-state index contributed by atoms with van der Waals surface area (Å²) in [7, 11) is 1.32. The van der Waals surface area contributed by atoms with Crippen LogP contribution in [-0.2, 0) is 27.3 Å². The van der Waals surface area contributed by atoms with E-state index in [4.69, 9.17) is 10.5 Å². The van der Waals surface area contributed by atoms with Crippen molar-refractivity contribution in [3.05, 3.63) is 63.8 Å². The third kappa shape index (κ3) is 3.62. The minimum absolute atomic E-state index is 0.192. The highest BCUT2D eigenvalue weighted by atomic mass is 79.9. The van der Waals surface area contributed by atoms with E-state index in [9.17, 15) is 9.59 Å². The average Bonchev–Trinajstić information content (AvgIpc) is 3.26. The molecule has 1 aliphatic rings. The minimum Gasteiger partial charge on any atom is -0.481 e. The highest BCUT2D eigenvalue weighted by molar-refractivity contribution is 9.10. The van der Waals surface area contributed by atoms with E-state index in [1.807, 2.05) is 30.3 Å². The fraction of sp³-hybridized carbons (Fsp3) is 0.273. The van der Waals surface area contributed by atoms with Gasteiger partial charge in [0.2, 0.25) is 5.91 Å². The van der Waals surface area contributed by atoms with E-state index in [0.717, 1.165) is 38.6 Å². The lowest BCUT2D eigenvalue weighted by atomic mass is 9.99. The number of aromatic nitrogens is 1. The van der Waals surface area contributed by atoms with Crippen LogP contribution < -0.4 is 10.5 Å². The van der Waals surface area contributed by atoms with Gasteiger partial charge in [-0.3, -0.25) is 4.79 Å². The number of rotatable bonds is 6. The third-order valence-electron chi connectivity index (χ3n) is 5.37. The van der Waals surface area contributed by atoms with E-state index < -0.39 is 5.97 Å². The number of halogens is 1. The summed E-state index contributed by atoms with van der Waals surface area (Å²) >= 11 is 3.53. The van der Waals surface area contributed by atoms with Crippen molar-refractivity contribution in [2.24, 2.45) is 5.73 Å². The van der Waals surface area contributed by atoms with Gasteiger partial charge in [-0.2, -0.15) is 0 Å². The molecule has 1 amide bonds. The van der Waals surface area contributed by atoms with Crippen LogP contribution in [0.2, 0.25) is 0 Å². The number of benzene rings is 2. The first-order chi connectivity index (χ1) is 14.0. The maximum absolute atomic E-state index is 12.1. The molecule has 6 nitrogen and oxygen atoms in total. The van der Waals surface area contributed by atoms with Crippen LogP contribution in [0, 0.1) is 0 Å². The van der Waals surface area contributed by atoms with Crippen molar-refractivity contribution in [2.75, 3.05) is 13.7 Å². The molecule has 4 rings (SSSR count). The van der Waals surface area contributed by atoms with E-state index in [-0.39, 0.29) is 18.4 Å². The minimum atomic E-state index is -0.460. The van der Waals surface area contributed by atoms with Crippen LogP contribution in [0.1, 0.15) is 29.2 Å². The number of carbonyl (C=O) groups is 2. The number of primary amides is 1. The van der Waals surface area contributed by atoms with E-state index in [2.05, 4.69) is 37.4 Å². The molecule has 1 heterocycles. The van der Waals surface area contributed by atoms with Crippen molar-refractivity contribution >= 4 is 38.7 Å². The Labute approximate surface area is 176 Å². The molecular weight excluding hydrogens is 436 g/mol. The van der Waals surface area contributed by atoms with Gasteiger partial charge in [-0.25, -0.2) is 4.79 Å². The van der Waals surface area contributed by atoms with Crippen molar-refractivity contribution in [2.45, 2.75) is 25.3 Å². The van der Waals surface area contributed by atoms with Crippen LogP contribution in [0.15, 0.2) is 46.9 Å². The van der Waals surface area contributed by atoms with Crippen molar-refractivity contribution in [1.82, 2.24) is 4.57 Å². The van der Waals surface area contributed by atoms with Gasteiger partial charge in [0, 0.05) is 22.1 Å². The Bertz CT molecular complexity index is 1110. The Kier molecular flexibility index (Phi) is 5.32. The average molecular weight is 457 g/mol. The molecule has 1 aliphatic carbocycles. The molecule has 2 aromatic carbocycles. The summed E-state index contributed by atoms with van der Waals surface area (Å²) in [5.74, 6) is -0.601. The first-order valence-electron chi connectivity index (χ1n) is 9.37. The van der Waals surface area contributed by atoms with Crippen LogP contribution in [0.3, 0.4) is 0 Å². The number of ether oxygens (including phenoxy) is 2. The number of fused-ring (bicyclic) bond motifs is 3. The number of hydrogen-bond donors (Lipinski definition) is 1. The molecule has 0 fully saturated rings. The number of nitrogens with zero attached hydrogens (tertiary/aromatic N) is 1. The van der Waals surface area contributed by atoms with Crippen molar-refractivity contribution in [3.8, 4) is 5.75 Å². The van der Waals surface area contributed by atoms with Gasteiger partial charge in [-0.05, 0) is 48.2 Å². The Balaban J connectivity index is 1.86. The zero-order valence-corrected chi connectivity index (χ0v) is 17.6. The highest BCUT2D eigenvalue weighted by Crippen LogP contribution is 2.44. The molecule has 3 aromatic rings. The summed E-state index contributed by atoms with van der Waals surface area (Å²) in [5.41, 5.74) is 9.83. The molecule has 0 saturated carbocycles. The summed E-state index contributed by atoms with van der Waals surface area (Å²) in [5, 5.41) is 0.850. The van der Waals surface area contributed by atoms with E-state index >= 15 is 0 Å². The molecule has 29 heavy (non-hydrogen) atoms. The molecule has 0 radical (unpaired) electrons. The summed E-state index contributed by atoms with van der Waals surface area (Å²) in [6, 6.07) is 13.9. The van der Waals surface area contributed by atoms with E-state index in [0.29, 0.717) is 18.7 Å². The molecule has 1 unspecified atom stereocenters. The van der Waals surface area contributed by atoms with Crippen LogP contribution in [0.4, 0.5) is 0 Å². The van der Waals surface area contributed by atoms with Crippen LogP contribution >= 0.6 is 15.9 Å². The quantitative estimate of drug-likeness (QED) is 0.575. The number of hydrogen-bond acceptors (Lipinski definition) is 4. The molecule has 2 N–H and O–H groups in total. The van der Waals surface area contributed by atoms with E-state index in [1.54, 1.807) is 0 Å². The Morgan fingerprint density at radius 1 is 1.24 bits per heavy atom. The lowest BCUT2D eigenvalue weighted by molar-refractivity contribution is -0.142. The molecular formula is C22H21BrN2O4. The van der Waals surface area contributed by atoms with Crippen molar-refractivity contribution in [1.29, 1.82) is 0 Å². The molecule has 0 saturated heterocycles. The van der Waals surface area contributed by atoms with Gasteiger partial charge in [0.1, 0.15) is 5.75 Å². The third-order valence-corrected chi connectivity index (χ3v) is 5.86. The lowest BCUT2D eigenvalue weighted by Crippen LogP contribution is -2.19. The number of amides is 1. The maximum atomic E-state index is 12.1. The first-order valence-corrected chi connectivity index (χ1v) is 10.2. The summed E-state index contributed by atoms with van der Waals surface area (Å²) in [6.07, 6.45) is 1.45. The normalized spacial score (nSPS) is 15.3. The topological polar surface area (TPSA) is 83.6 Å². The van der Waals surface area contributed by atoms with Gasteiger partial charge >= 0.3 is 5.97 Å². The Morgan fingerprint density at radius 2 is 2.03 bits per heavy atom. The smallest absolute Gasteiger partial charge is 0.343 e. The number of esters is 1. The van der Waals surface area contributed by atoms with E-state index in [1.165, 1.54) is 7.11 Å². The fourth-order valence-corrected chi connectivity index (χ4v) is 4.57. The zero-order chi connectivity index (χ0) is 20.5. The highest BCUT2D eigenvalue weighted by Gasteiger charge is 2.34. The monoisotopic (exact) mass is 456 g/mol. The predicted octanol–water partition coefficient (Wildman–Crippen LogP) is 3.52. The maximum Gasteiger partial charge on any atom is 0.343 e. The second-order valence-corrected chi connectivity index (χ2v) is 8.00. The first kappa shape index (κ1) is 19.5. The molecule has 150 valence electrons. The van der Waals surface area contributed by atoms with Gasteiger partial charge < -0.3 is 19.8 Å². The van der Waals surface area contributed by atoms with Gasteiger partial charge in [0.05, 0.1) is 18.5 Å². The Morgan fingerprint density at radius 3 is 2.76 bits per heavy atom. The summed E-state index contributed by atoms with van der Waals surface area (Å²) in [6.45, 7) is 0.472. The van der Waals surface area contributed by atoms with Crippen molar-refractivity contribution in [3.63, 3.8) is 0 Å². The van der Waals surface area contributed by atoms with Crippen molar-refractivity contribution < 1.29 is 19.1 Å². The largest absolute Gasteiger partial charge is 0.481 e. The molecule has 1 aromatic heterocycles. The van der Waals surface area contributed by atoms with Crippen LogP contribution in [0.5, 0.6) is 5.75 Å². The molecule has 1 atom stereocenters. The molecule has 0 bridgehead atoms. The SMILES string of the molecule is COC(=O)COc1cccc2c1c1c(n2Cc2cccc(Br)c2)CCC1C(N)=O. The standard InChI is InChI=1S/C22H21BrN2O4/c1-28-19(26)12-29-18-7-3-6-16-21(18)20-15(22(24)27)8-9-17(20)25(16)11-13-4-2-5-14(23)10-13/h2-7,10,15H,8-9,11-12H2,1H3,(H2,24,27). The lowest BCUT2D eigenvalue weighted by Gasteiger charge is -2.12. The summed E-state index contributed by atoms with van der Waals surface area (Å²) in [4.78, 5) is 23.7. The van der Waals surface area contributed by atoms with Gasteiger partial charge in [0.25, 0.3) is 0 Å². The van der Waals surface area contributed by atoms with Gasteiger partial charge in [-0.15, -0.1) is 0 Å². The van der Waals surface area contributed by atoms with Gasteiger partial charge in [0.15, 0.2) is 6.61 Å². The Hall–Kier alpha value is -2.80. The fourth-order valence-electron chi connectivity index (χ4n) is 4.12. The summed E-state index contributed by atoms with van der Waals surface area (Å²) < 4.78 is 13.7.